The molecule has 19 heavy (non-hydrogen) atoms. The molecule has 1 aliphatic rings. The summed E-state index contributed by atoms with van der Waals surface area (Å²) in [6.45, 7) is 3.18. The van der Waals surface area contributed by atoms with Crippen molar-refractivity contribution in [3.8, 4) is 0 Å². The molecule has 0 aromatic rings. The summed E-state index contributed by atoms with van der Waals surface area (Å²) in [6.07, 6.45) is 3.28. The van der Waals surface area contributed by atoms with E-state index in [0.29, 0.717) is 13.0 Å². The molecule has 0 spiro atoms. The summed E-state index contributed by atoms with van der Waals surface area (Å²) in [7, 11) is 3.88. The number of amides is 2. The van der Waals surface area contributed by atoms with Gasteiger partial charge >= 0.3 is 12.0 Å². The average Bonchev–Trinajstić information content (AvgIpc) is 2.52. The molecule has 110 valence electrons. The highest BCUT2D eigenvalue weighted by atomic mass is 16.4. The van der Waals surface area contributed by atoms with Crippen molar-refractivity contribution in [2.24, 2.45) is 0 Å². The van der Waals surface area contributed by atoms with Crippen molar-refractivity contribution < 1.29 is 14.7 Å². The van der Waals surface area contributed by atoms with Crippen LogP contribution in [0.4, 0.5) is 4.79 Å². The van der Waals surface area contributed by atoms with Crippen LogP contribution in [0.15, 0.2) is 0 Å². The molecule has 1 heterocycles. The quantitative estimate of drug-likeness (QED) is 0.799. The van der Waals surface area contributed by atoms with E-state index in [2.05, 4.69) is 5.32 Å². The molecule has 6 heteroatoms. The third-order valence-electron chi connectivity index (χ3n) is 3.31. The van der Waals surface area contributed by atoms with Crippen molar-refractivity contribution in [1.29, 1.82) is 0 Å². The summed E-state index contributed by atoms with van der Waals surface area (Å²) >= 11 is 0. The fourth-order valence-corrected chi connectivity index (χ4v) is 2.50. The van der Waals surface area contributed by atoms with E-state index < -0.39 is 12.0 Å². The Morgan fingerprint density at radius 3 is 2.63 bits per heavy atom. The number of nitrogens with zero attached hydrogens (tertiary/aromatic N) is 2. The van der Waals surface area contributed by atoms with Gasteiger partial charge in [-0.3, -0.25) is 0 Å². The molecule has 2 amide bonds. The molecule has 2 atom stereocenters. The minimum Gasteiger partial charge on any atom is -0.480 e. The van der Waals surface area contributed by atoms with Crippen molar-refractivity contribution in [3.63, 3.8) is 0 Å². The van der Waals surface area contributed by atoms with E-state index in [9.17, 15) is 14.7 Å². The summed E-state index contributed by atoms with van der Waals surface area (Å²) in [5, 5.41) is 12.1. The number of likely N-dealkylation sites (tertiary alicyclic amines) is 1. The Balaban J connectivity index is 2.62. The van der Waals surface area contributed by atoms with Gasteiger partial charge in [-0.2, -0.15) is 0 Å². The highest BCUT2D eigenvalue weighted by Gasteiger charge is 2.31. The Bertz CT molecular complexity index is 320. The van der Waals surface area contributed by atoms with Crippen molar-refractivity contribution in [2.75, 3.05) is 27.2 Å². The van der Waals surface area contributed by atoms with Crippen LogP contribution in [0, 0.1) is 0 Å². The van der Waals surface area contributed by atoms with Gasteiger partial charge in [0.15, 0.2) is 0 Å². The van der Waals surface area contributed by atoms with Crippen molar-refractivity contribution in [1.82, 2.24) is 15.1 Å². The molecule has 0 aromatic carbocycles. The van der Waals surface area contributed by atoms with Crippen LogP contribution in [-0.4, -0.2) is 66.2 Å². The van der Waals surface area contributed by atoms with Crippen LogP contribution < -0.4 is 5.32 Å². The Labute approximate surface area is 114 Å². The predicted octanol–water partition coefficient (Wildman–Crippen LogP) is 0.975. The molecule has 0 radical (unpaired) electrons. The largest absolute Gasteiger partial charge is 0.480 e. The monoisotopic (exact) mass is 271 g/mol. The number of hydrogen-bond acceptors (Lipinski definition) is 3. The van der Waals surface area contributed by atoms with Gasteiger partial charge in [-0.05, 0) is 33.9 Å². The number of urea groups is 1. The summed E-state index contributed by atoms with van der Waals surface area (Å²) in [5.41, 5.74) is 0. The normalized spacial score (nSPS) is 21.9. The first-order valence-electron chi connectivity index (χ1n) is 6.86. The predicted molar refractivity (Wildman–Crippen MR) is 73.1 cm³/mol. The highest BCUT2D eigenvalue weighted by Crippen LogP contribution is 2.17. The van der Waals surface area contributed by atoms with Crippen molar-refractivity contribution >= 4 is 12.0 Å². The van der Waals surface area contributed by atoms with Gasteiger partial charge in [0.2, 0.25) is 0 Å². The van der Waals surface area contributed by atoms with Gasteiger partial charge in [-0.1, -0.05) is 12.8 Å². The molecule has 0 saturated carbocycles. The summed E-state index contributed by atoms with van der Waals surface area (Å²) in [4.78, 5) is 26.9. The smallest absolute Gasteiger partial charge is 0.326 e. The molecular weight excluding hydrogens is 246 g/mol. The molecule has 0 aromatic heterocycles. The lowest BCUT2D eigenvalue weighted by molar-refractivity contribution is -0.142. The molecule has 2 unspecified atom stereocenters. The van der Waals surface area contributed by atoms with Crippen LogP contribution >= 0.6 is 0 Å². The number of carbonyl (C=O) groups is 2. The van der Waals surface area contributed by atoms with Gasteiger partial charge in [0.05, 0.1) is 0 Å². The molecule has 0 aliphatic carbocycles. The van der Waals surface area contributed by atoms with Crippen molar-refractivity contribution in [3.05, 3.63) is 0 Å². The summed E-state index contributed by atoms with van der Waals surface area (Å²) in [5.74, 6) is -0.905. The summed E-state index contributed by atoms with van der Waals surface area (Å²) in [6, 6.07) is -0.946. The van der Waals surface area contributed by atoms with E-state index in [1.54, 1.807) is 0 Å². The van der Waals surface area contributed by atoms with E-state index in [-0.39, 0.29) is 12.1 Å². The summed E-state index contributed by atoms with van der Waals surface area (Å²) < 4.78 is 0. The lowest BCUT2D eigenvalue weighted by Gasteiger charge is -2.29. The van der Waals surface area contributed by atoms with Gasteiger partial charge in [-0.15, -0.1) is 0 Å². The van der Waals surface area contributed by atoms with Crippen molar-refractivity contribution in [2.45, 2.75) is 44.7 Å². The second kappa shape index (κ2) is 7.33. The SMILES string of the molecule is CC(CN(C)C)NC(=O)N1CCCCCC1C(=O)O. The molecule has 0 bridgehead atoms. The van der Waals surface area contributed by atoms with Crippen LogP contribution in [0.5, 0.6) is 0 Å². The molecular formula is C13H25N3O3. The number of carboxylic acids is 1. The van der Waals surface area contributed by atoms with Gasteiger partial charge < -0.3 is 20.2 Å². The highest BCUT2D eigenvalue weighted by molar-refractivity contribution is 5.82. The number of aliphatic carboxylic acids is 1. The third kappa shape index (κ3) is 5.06. The number of hydrogen-bond donors (Lipinski definition) is 2. The van der Waals surface area contributed by atoms with Gasteiger partial charge in [0.25, 0.3) is 0 Å². The van der Waals surface area contributed by atoms with E-state index in [1.165, 1.54) is 4.90 Å². The molecule has 1 saturated heterocycles. The maximum absolute atomic E-state index is 12.2. The van der Waals surface area contributed by atoms with Crippen LogP contribution in [-0.2, 0) is 4.79 Å². The lowest BCUT2D eigenvalue weighted by Crippen LogP contribution is -2.52. The number of likely N-dealkylation sites (N-methyl/N-ethyl adjacent to an activating group) is 1. The molecule has 1 aliphatic heterocycles. The van der Waals surface area contributed by atoms with E-state index >= 15 is 0 Å². The Morgan fingerprint density at radius 1 is 1.37 bits per heavy atom. The van der Waals surface area contributed by atoms with Gasteiger partial charge in [-0.25, -0.2) is 9.59 Å². The Morgan fingerprint density at radius 2 is 2.05 bits per heavy atom. The van der Waals surface area contributed by atoms with Crippen LogP contribution in [0.2, 0.25) is 0 Å². The minimum atomic E-state index is -0.905. The van der Waals surface area contributed by atoms with Gasteiger partial charge in [0, 0.05) is 19.1 Å². The number of nitrogens with one attached hydrogen (secondary N) is 1. The maximum Gasteiger partial charge on any atom is 0.326 e. The van der Waals surface area contributed by atoms with Gasteiger partial charge in [0.1, 0.15) is 6.04 Å². The maximum atomic E-state index is 12.2. The first-order chi connectivity index (χ1) is 8.91. The lowest BCUT2D eigenvalue weighted by atomic mass is 10.1. The molecule has 2 N–H and O–H groups in total. The average molecular weight is 271 g/mol. The standard InChI is InChI=1S/C13H25N3O3/c1-10(9-15(2)3)14-13(19)16-8-6-4-5-7-11(16)12(17)18/h10-11H,4-9H2,1-3H3,(H,14,19)(H,17,18). The number of carbonyl (C=O) groups excluding carboxylic acids is 1. The zero-order chi connectivity index (χ0) is 14.4. The number of rotatable bonds is 4. The van der Waals surface area contributed by atoms with Crippen LogP contribution in [0.3, 0.4) is 0 Å². The first-order valence-corrected chi connectivity index (χ1v) is 6.86. The van der Waals surface area contributed by atoms with Crippen LogP contribution in [0.1, 0.15) is 32.6 Å². The van der Waals surface area contributed by atoms with E-state index in [1.807, 2.05) is 25.9 Å². The first kappa shape index (κ1) is 15.8. The second-order valence-electron chi connectivity index (χ2n) is 5.51. The molecule has 1 fully saturated rings. The fraction of sp³-hybridized carbons (Fsp3) is 0.846. The topological polar surface area (TPSA) is 72.9 Å². The van der Waals surface area contributed by atoms with E-state index in [4.69, 9.17) is 0 Å². The van der Waals surface area contributed by atoms with E-state index in [0.717, 1.165) is 25.8 Å². The Hall–Kier alpha value is -1.30. The number of carboxylic acid groups (broad SMARTS) is 1. The van der Waals surface area contributed by atoms with Crippen LogP contribution in [0.25, 0.3) is 0 Å². The molecule has 1 rings (SSSR count). The Kier molecular flexibility index (Phi) is 6.08. The fourth-order valence-electron chi connectivity index (χ4n) is 2.50. The zero-order valence-electron chi connectivity index (χ0n) is 12.1. The molecule has 6 nitrogen and oxygen atoms in total. The minimum absolute atomic E-state index is 0.000183. The second-order valence-corrected chi connectivity index (χ2v) is 5.51. The third-order valence-corrected chi connectivity index (χ3v) is 3.31. The zero-order valence-corrected chi connectivity index (χ0v) is 12.1.